The summed E-state index contributed by atoms with van der Waals surface area (Å²) in [5.41, 5.74) is 4.37. The predicted octanol–water partition coefficient (Wildman–Crippen LogP) is 2.20. The maximum absolute atomic E-state index is 5.25. The monoisotopic (exact) mass is 241 g/mol. The first-order valence-electron chi connectivity index (χ1n) is 5.98. The van der Waals surface area contributed by atoms with Gasteiger partial charge in [-0.2, -0.15) is 0 Å². The van der Waals surface area contributed by atoms with E-state index in [2.05, 4.69) is 36.2 Å². The lowest BCUT2D eigenvalue weighted by Gasteiger charge is -2.39. The molecule has 1 heterocycles. The maximum atomic E-state index is 5.25. The van der Waals surface area contributed by atoms with E-state index in [1.165, 1.54) is 19.3 Å². The second kappa shape index (κ2) is 6.21. The summed E-state index contributed by atoms with van der Waals surface area (Å²) in [6.45, 7) is 11.0. The van der Waals surface area contributed by atoms with E-state index in [-0.39, 0.29) is 0 Å². The number of rotatable bonds is 3. The Morgan fingerprint density at radius 3 is 2.44 bits per heavy atom. The zero-order valence-corrected chi connectivity index (χ0v) is 11.4. The van der Waals surface area contributed by atoms with E-state index in [0.717, 1.165) is 12.1 Å². The molecule has 92 valence electrons. The van der Waals surface area contributed by atoms with Crippen molar-refractivity contribution in [2.75, 3.05) is 6.54 Å². The van der Waals surface area contributed by atoms with E-state index < -0.39 is 0 Å². The van der Waals surface area contributed by atoms with Crippen LogP contribution < -0.4 is 10.7 Å². The van der Waals surface area contributed by atoms with Crippen LogP contribution in [0, 0.1) is 0 Å². The Kier molecular flexibility index (Phi) is 5.22. The van der Waals surface area contributed by atoms with Crippen molar-refractivity contribution in [2.45, 2.75) is 52.1 Å². The first kappa shape index (κ1) is 13.5. The van der Waals surface area contributed by atoms with E-state index in [1.54, 1.807) is 0 Å². The summed E-state index contributed by atoms with van der Waals surface area (Å²) >= 11 is 5.25. The van der Waals surface area contributed by atoms with Crippen molar-refractivity contribution in [3.8, 4) is 0 Å². The molecule has 1 aliphatic heterocycles. The Labute approximate surface area is 104 Å². The van der Waals surface area contributed by atoms with Crippen molar-refractivity contribution in [3.05, 3.63) is 12.2 Å². The van der Waals surface area contributed by atoms with Gasteiger partial charge in [0.25, 0.3) is 0 Å². The number of hydrogen-bond donors (Lipinski definition) is 2. The van der Waals surface area contributed by atoms with Crippen LogP contribution in [0.5, 0.6) is 0 Å². The van der Waals surface area contributed by atoms with Crippen LogP contribution in [0.3, 0.4) is 0 Å². The molecule has 0 aromatic heterocycles. The van der Waals surface area contributed by atoms with E-state index in [0.29, 0.717) is 17.2 Å². The standard InChI is InChI=1S/C12H23N3S/c1-9(2)8-13-12(16)14-15-10(3)6-5-7-11(15)4/h10-11H,1,5-8H2,2-4H3,(H2,13,14,16)/t10-,11-/m1/s1. The fourth-order valence-corrected chi connectivity index (χ4v) is 2.21. The third kappa shape index (κ3) is 4.10. The van der Waals surface area contributed by atoms with Gasteiger partial charge in [0.15, 0.2) is 5.11 Å². The maximum Gasteiger partial charge on any atom is 0.181 e. The highest BCUT2D eigenvalue weighted by molar-refractivity contribution is 7.80. The average Bonchev–Trinajstić information content (AvgIpc) is 2.21. The lowest BCUT2D eigenvalue weighted by atomic mass is 10.00. The van der Waals surface area contributed by atoms with Crippen molar-refractivity contribution in [3.63, 3.8) is 0 Å². The summed E-state index contributed by atoms with van der Waals surface area (Å²) in [5, 5.41) is 6.11. The van der Waals surface area contributed by atoms with Crippen LogP contribution in [-0.4, -0.2) is 28.7 Å². The van der Waals surface area contributed by atoms with Gasteiger partial charge in [0.1, 0.15) is 0 Å². The second-order valence-corrected chi connectivity index (χ2v) is 5.20. The quantitative estimate of drug-likeness (QED) is 0.585. The molecule has 0 aromatic rings. The number of nitrogens with one attached hydrogen (secondary N) is 2. The molecular formula is C12H23N3S. The molecule has 0 saturated carbocycles. The SMILES string of the molecule is C=C(C)CNC(=S)NN1[C@H](C)CCC[C@H]1C. The van der Waals surface area contributed by atoms with Gasteiger partial charge in [0.05, 0.1) is 0 Å². The first-order valence-corrected chi connectivity index (χ1v) is 6.38. The average molecular weight is 241 g/mol. The van der Waals surface area contributed by atoms with Crippen molar-refractivity contribution in [2.24, 2.45) is 0 Å². The fraction of sp³-hybridized carbons (Fsp3) is 0.750. The number of thiocarbonyl (C=S) groups is 1. The summed E-state index contributed by atoms with van der Waals surface area (Å²) in [6.07, 6.45) is 3.79. The summed E-state index contributed by atoms with van der Waals surface area (Å²) in [4.78, 5) is 0. The minimum atomic E-state index is 0.549. The van der Waals surface area contributed by atoms with Crippen molar-refractivity contribution in [1.29, 1.82) is 0 Å². The minimum absolute atomic E-state index is 0.549. The third-order valence-corrected chi connectivity index (χ3v) is 3.21. The molecule has 2 atom stereocenters. The van der Waals surface area contributed by atoms with E-state index in [4.69, 9.17) is 12.2 Å². The van der Waals surface area contributed by atoms with Crippen LogP contribution in [0.2, 0.25) is 0 Å². The van der Waals surface area contributed by atoms with Gasteiger partial charge in [-0.15, -0.1) is 0 Å². The van der Waals surface area contributed by atoms with Gasteiger partial charge < -0.3 is 5.32 Å². The molecule has 16 heavy (non-hydrogen) atoms. The van der Waals surface area contributed by atoms with Crippen LogP contribution in [-0.2, 0) is 0 Å². The van der Waals surface area contributed by atoms with Gasteiger partial charge in [-0.1, -0.05) is 18.6 Å². The van der Waals surface area contributed by atoms with Crippen molar-refractivity contribution in [1.82, 2.24) is 15.8 Å². The highest BCUT2D eigenvalue weighted by Crippen LogP contribution is 2.19. The lowest BCUT2D eigenvalue weighted by molar-refractivity contribution is 0.0737. The summed E-state index contributed by atoms with van der Waals surface area (Å²) in [5.74, 6) is 0. The highest BCUT2D eigenvalue weighted by Gasteiger charge is 2.24. The normalized spacial score (nSPS) is 26.2. The van der Waals surface area contributed by atoms with Crippen LogP contribution in [0.1, 0.15) is 40.0 Å². The van der Waals surface area contributed by atoms with Gasteiger partial charge in [0.2, 0.25) is 0 Å². The summed E-state index contributed by atoms with van der Waals surface area (Å²) in [7, 11) is 0. The zero-order chi connectivity index (χ0) is 12.1. The molecule has 2 N–H and O–H groups in total. The molecule has 0 unspecified atom stereocenters. The Morgan fingerprint density at radius 2 is 1.94 bits per heavy atom. The Balaban J connectivity index is 2.39. The minimum Gasteiger partial charge on any atom is -0.358 e. The lowest BCUT2D eigenvalue weighted by Crippen LogP contribution is -2.56. The van der Waals surface area contributed by atoms with Crippen molar-refractivity contribution >= 4 is 17.3 Å². The van der Waals surface area contributed by atoms with Crippen LogP contribution in [0.25, 0.3) is 0 Å². The molecule has 1 fully saturated rings. The first-order chi connectivity index (χ1) is 7.50. The smallest absolute Gasteiger partial charge is 0.181 e. The van der Waals surface area contributed by atoms with Crippen molar-refractivity contribution < 1.29 is 0 Å². The second-order valence-electron chi connectivity index (χ2n) is 4.79. The molecule has 0 aromatic carbocycles. The number of hydrogen-bond acceptors (Lipinski definition) is 2. The molecule has 4 heteroatoms. The topological polar surface area (TPSA) is 27.3 Å². The third-order valence-electron chi connectivity index (χ3n) is 2.97. The van der Waals surface area contributed by atoms with E-state index in [9.17, 15) is 0 Å². The number of nitrogens with zero attached hydrogens (tertiary/aromatic N) is 1. The Hall–Kier alpha value is -0.610. The van der Waals surface area contributed by atoms with Gasteiger partial charge in [0, 0.05) is 18.6 Å². The molecular weight excluding hydrogens is 218 g/mol. The fourth-order valence-electron chi connectivity index (χ4n) is 2.03. The molecule has 0 bridgehead atoms. The highest BCUT2D eigenvalue weighted by atomic mass is 32.1. The van der Waals surface area contributed by atoms with Gasteiger partial charge in [-0.25, -0.2) is 5.01 Å². The Morgan fingerprint density at radius 1 is 1.38 bits per heavy atom. The van der Waals surface area contributed by atoms with Crippen LogP contribution in [0.4, 0.5) is 0 Å². The van der Waals surface area contributed by atoms with Crippen LogP contribution in [0.15, 0.2) is 12.2 Å². The largest absolute Gasteiger partial charge is 0.358 e. The van der Waals surface area contributed by atoms with Crippen LogP contribution >= 0.6 is 12.2 Å². The summed E-state index contributed by atoms with van der Waals surface area (Å²) < 4.78 is 0. The molecule has 1 aliphatic rings. The Bertz CT molecular complexity index is 255. The summed E-state index contributed by atoms with van der Waals surface area (Å²) in [6, 6.07) is 1.10. The molecule has 0 amide bonds. The van der Waals surface area contributed by atoms with E-state index >= 15 is 0 Å². The molecule has 1 saturated heterocycles. The molecule has 1 rings (SSSR count). The predicted molar refractivity (Wildman–Crippen MR) is 73.2 cm³/mol. The molecule has 0 aliphatic carbocycles. The zero-order valence-electron chi connectivity index (χ0n) is 10.5. The van der Waals surface area contributed by atoms with Gasteiger partial charge in [-0.05, 0) is 45.8 Å². The van der Waals surface area contributed by atoms with E-state index in [1.807, 2.05) is 6.92 Å². The van der Waals surface area contributed by atoms with Gasteiger partial charge >= 0.3 is 0 Å². The molecule has 0 spiro atoms. The number of piperidine rings is 1. The number of hydrazine groups is 1. The van der Waals surface area contributed by atoms with Gasteiger partial charge in [-0.3, -0.25) is 5.43 Å². The molecule has 3 nitrogen and oxygen atoms in total. The molecule has 0 radical (unpaired) electrons.